The number of rotatable bonds is 8. The van der Waals surface area contributed by atoms with Gasteiger partial charge in [-0.3, -0.25) is 9.59 Å². The van der Waals surface area contributed by atoms with E-state index in [0.29, 0.717) is 27.9 Å². The molecule has 7 nitrogen and oxygen atoms in total. The number of aromatic nitrogens is 1. The number of aryl methyl sites for hydroxylation is 1. The molecule has 0 aliphatic carbocycles. The fourth-order valence-corrected chi connectivity index (χ4v) is 4.97. The van der Waals surface area contributed by atoms with Crippen molar-refractivity contribution in [1.29, 1.82) is 0 Å². The summed E-state index contributed by atoms with van der Waals surface area (Å²) in [4.78, 5) is 30.5. The molecule has 0 saturated carbocycles. The van der Waals surface area contributed by atoms with E-state index in [4.69, 9.17) is 9.47 Å². The van der Waals surface area contributed by atoms with Crippen LogP contribution in [0.25, 0.3) is 10.2 Å². The van der Waals surface area contributed by atoms with Crippen molar-refractivity contribution in [2.75, 3.05) is 30.6 Å². The van der Waals surface area contributed by atoms with E-state index in [9.17, 15) is 9.59 Å². The number of ether oxygens (including phenoxy) is 2. The largest absolute Gasteiger partial charge is 0.496 e. The van der Waals surface area contributed by atoms with Gasteiger partial charge in [0.15, 0.2) is 5.13 Å². The fraction of sp³-hybridized carbons (Fsp3) is 0.160. The van der Waals surface area contributed by atoms with Gasteiger partial charge in [-0.25, -0.2) is 4.98 Å². The van der Waals surface area contributed by atoms with Gasteiger partial charge in [0.2, 0.25) is 5.91 Å². The first-order valence-electron chi connectivity index (χ1n) is 10.4. The Balaban J connectivity index is 1.34. The van der Waals surface area contributed by atoms with Gasteiger partial charge in [0.1, 0.15) is 17.1 Å². The predicted octanol–water partition coefficient (Wildman–Crippen LogP) is 5.61. The summed E-state index contributed by atoms with van der Waals surface area (Å²) in [7, 11) is 3.01. The van der Waals surface area contributed by atoms with Crippen molar-refractivity contribution in [1.82, 2.24) is 4.98 Å². The minimum atomic E-state index is -0.333. The van der Waals surface area contributed by atoms with Crippen LogP contribution in [0.3, 0.4) is 0 Å². The Kier molecular flexibility index (Phi) is 7.34. The van der Waals surface area contributed by atoms with Crippen LogP contribution < -0.4 is 20.1 Å². The van der Waals surface area contributed by atoms with E-state index in [2.05, 4.69) is 21.7 Å². The fourth-order valence-electron chi connectivity index (χ4n) is 3.29. The molecule has 3 aromatic carbocycles. The average Bonchev–Trinajstić information content (AvgIpc) is 3.24. The second-order valence-electron chi connectivity index (χ2n) is 7.34. The number of benzene rings is 3. The van der Waals surface area contributed by atoms with Crippen LogP contribution in [-0.2, 0) is 4.79 Å². The molecule has 2 amide bonds. The molecule has 0 fully saturated rings. The summed E-state index contributed by atoms with van der Waals surface area (Å²) in [6, 6.07) is 18.5. The Hall–Kier alpha value is -3.56. The Labute approximate surface area is 205 Å². The molecule has 2 N–H and O–H groups in total. The van der Waals surface area contributed by atoms with Crippen molar-refractivity contribution in [2.24, 2.45) is 0 Å². The molecule has 4 aromatic rings. The van der Waals surface area contributed by atoms with Gasteiger partial charge in [-0.2, -0.15) is 0 Å². The number of nitrogens with zero attached hydrogens (tertiary/aromatic N) is 1. The monoisotopic (exact) mass is 493 g/mol. The number of methoxy groups -OCH3 is 2. The zero-order valence-corrected chi connectivity index (χ0v) is 20.5. The van der Waals surface area contributed by atoms with Gasteiger partial charge < -0.3 is 20.1 Å². The molecule has 4 rings (SSSR count). The van der Waals surface area contributed by atoms with E-state index < -0.39 is 0 Å². The third-order valence-electron chi connectivity index (χ3n) is 4.93. The molecule has 0 aliphatic heterocycles. The topological polar surface area (TPSA) is 89.5 Å². The van der Waals surface area contributed by atoms with Crippen molar-refractivity contribution >= 4 is 55.9 Å². The minimum Gasteiger partial charge on any atom is -0.496 e. The highest BCUT2D eigenvalue weighted by atomic mass is 32.2. The molecule has 0 bridgehead atoms. The molecule has 0 radical (unpaired) electrons. The van der Waals surface area contributed by atoms with Gasteiger partial charge in [-0.15, -0.1) is 11.8 Å². The van der Waals surface area contributed by atoms with Gasteiger partial charge in [0.05, 0.1) is 30.2 Å². The van der Waals surface area contributed by atoms with Crippen molar-refractivity contribution < 1.29 is 19.1 Å². The molecule has 174 valence electrons. The number of amides is 2. The van der Waals surface area contributed by atoms with Crippen molar-refractivity contribution in [3.05, 3.63) is 71.8 Å². The predicted molar refractivity (Wildman–Crippen MR) is 138 cm³/mol. The average molecular weight is 494 g/mol. The summed E-state index contributed by atoms with van der Waals surface area (Å²) in [6.45, 7) is 2.03. The van der Waals surface area contributed by atoms with Gasteiger partial charge in [-0.05, 0) is 61.0 Å². The zero-order valence-electron chi connectivity index (χ0n) is 18.9. The number of thioether (sulfide) groups is 1. The number of thiazole rings is 1. The van der Waals surface area contributed by atoms with Gasteiger partial charge >= 0.3 is 0 Å². The van der Waals surface area contributed by atoms with Crippen LogP contribution in [0.2, 0.25) is 0 Å². The summed E-state index contributed by atoms with van der Waals surface area (Å²) in [5.41, 5.74) is 2.98. The maximum Gasteiger partial charge on any atom is 0.263 e. The Morgan fingerprint density at radius 3 is 2.35 bits per heavy atom. The first-order valence-corrected chi connectivity index (χ1v) is 12.2. The SMILES string of the molecule is COc1cccc(OC)c1C(=O)Nc1ccc(SCC(=O)Nc2nc3ccc(C)cc3s2)cc1. The van der Waals surface area contributed by atoms with Crippen molar-refractivity contribution in [2.45, 2.75) is 11.8 Å². The van der Waals surface area contributed by atoms with E-state index >= 15 is 0 Å². The molecule has 1 heterocycles. The maximum absolute atomic E-state index is 12.8. The number of hydrogen-bond donors (Lipinski definition) is 2. The first-order chi connectivity index (χ1) is 16.5. The molecule has 0 unspecified atom stereocenters. The van der Waals surface area contributed by atoms with Crippen LogP contribution in [0.5, 0.6) is 11.5 Å². The number of fused-ring (bicyclic) bond motifs is 1. The second kappa shape index (κ2) is 10.6. The molecule has 34 heavy (non-hydrogen) atoms. The summed E-state index contributed by atoms with van der Waals surface area (Å²) >= 11 is 2.87. The highest BCUT2D eigenvalue weighted by molar-refractivity contribution is 8.00. The van der Waals surface area contributed by atoms with Crippen LogP contribution in [0.4, 0.5) is 10.8 Å². The first kappa shape index (κ1) is 23.6. The van der Waals surface area contributed by atoms with Crippen LogP contribution in [-0.4, -0.2) is 36.8 Å². The number of anilines is 2. The molecular weight excluding hydrogens is 470 g/mol. The number of carbonyl (C=O) groups is 2. The number of hydrogen-bond acceptors (Lipinski definition) is 7. The van der Waals surface area contributed by atoms with E-state index in [1.807, 2.05) is 31.2 Å². The normalized spacial score (nSPS) is 10.7. The Morgan fingerprint density at radius 1 is 0.971 bits per heavy atom. The third-order valence-corrected chi connectivity index (χ3v) is 6.87. The lowest BCUT2D eigenvalue weighted by atomic mass is 10.1. The standard InChI is InChI=1S/C25H23N3O4S2/c1-15-7-12-18-21(13-15)34-25(27-18)28-22(29)14-33-17-10-8-16(9-11-17)26-24(30)23-19(31-2)5-4-6-20(23)32-3/h4-13H,14H2,1-3H3,(H,26,30)(H,27,28,29). The molecule has 1 aromatic heterocycles. The lowest BCUT2D eigenvalue weighted by Gasteiger charge is -2.13. The lowest BCUT2D eigenvalue weighted by molar-refractivity contribution is -0.113. The van der Waals surface area contributed by atoms with Crippen LogP contribution in [0, 0.1) is 6.92 Å². The molecule has 0 aliphatic rings. The third kappa shape index (κ3) is 5.49. The number of carbonyl (C=O) groups excluding carboxylic acids is 2. The number of nitrogens with one attached hydrogen (secondary N) is 2. The van der Waals surface area contributed by atoms with Gasteiger partial charge in [-0.1, -0.05) is 23.5 Å². The quantitative estimate of drug-likeness (QED) is 0.310. The minimum absolute atomic E-state index is 0.124. The summed E-state index contributed by atoms with van der Waals surface area (Å²) in [6.07, 6.45) is 0. The highest BCUT2D eigenvalue weighted by Crippen LogP contribution is 2.30. The van der Waals surface area contributed by atoms with E-state index in [0.717, 1.165) is 20.7 Å². The lowest BCUT2D eigenvalue weighted by Crippen LogP contribution is -2.14. The van der Waals surface area contributed by atoms with Crippen LogP contribution in [0.1, 0.15) is 15.9 Å². The molecule has 0 atom stereocenters. The van der Waals surface area contributed by atoms with E-state index in [1.165, 1.54) is 37.3 Å². The summed E-state index contributed by atoms with van der Waals surface area (Å²) < 4.78 is 11.6. The second-order valence-corrected chi connectivity index (χ2v) is 9.42. The van der Waals surface area contributed by atoms with Crippen molar-refractivity contribution in [3.63, 3.8) is 0 Å². The van der Waals surface area contributed by atoms with Gasteiger partial charge in [0, 0.05) is 10.6 Å². The summed E-state index contributed by atoms with van der Waals surface area (Å²) in [5, 5.41) is 6.31. The van der Waals surface area contributed by atoms with E-state index in [1.54, 1.807) is 30.3 Å². The maximum atomic E-state index is 12.8. The highest BCUT2D eigenvalue weighted by Gasteiger charge is 2.18. The molecular formula is C25H23N3O4S2. The Morgan fingerprint density at radius 2 is 1.68 bits per heavy atom. The molecule has 0 saturated heterocycles. The van der Waals surface area contributed by atoms with Crippen LogP contribution in [0.15, 0.2) is 65.6 Å². The summed E-state index contributed by atoms with van der Waals surface area (Å²) in [5.74, 6) is 0.650. The Bertz CT molecular complexity index is 1310. The smallest absolute Gasteiger partial charge is 0.263 e. The zero-order chi connectivity index (χ0) is 24.1. The van der Waals surface area contributed by atoms with Crippen LogP contribution >= 0.6 is 23.1 Å². The van der Waals surface area contributed by atoms with E-state index in [-0.39, 0.29) is 17.6 Å². The van der Waals surface area contributed by atoms with Gasteiger partial charge in [0.25, 0.3) is 5.91 Å². The van der Waals surface area contributed by atoms with Crippen molar-refractivity contribution in [3.8, 4) is 11.5 Å². The molecule has 9 heteroatoms. The molecule has 0 spiro atoms.